The van der Waals surface area contributed by atoms with E-state index < -0.39 is 29.7 Å². The van der Waals surface area contributed by atoms with Gasteiger partial charge in [0.1, 0.15) is 17.4 Å². The second-order valence-corrected chi connectivity index (χ2v) is 8.45. The van der Waals surface area contributed by atoms with Gasteiger partial charge in [-0.05, 0) is 62.2 Å². The van der Waals surface area contributed by atoms with Crippen LogP contribution in [0.3, 0.4) is 0 Å². The van der Waals surface area contributed by atoms with Crippen molar-refractivity contribution in [2.45, 2.75) is 25.3 Å². The van der Waals surface area contributed by atoms with E-state index in [1.165, 1.54) is 18.2 Å². The van der Waals surface area contributed by atoms with Crippen LogP contribution in [-0.2, 0) is 4.74 Å². The molecule has 0 radical (unpaired) electrons. The van der Waals surface area contributed by atoms with E-state index in [0.717, 1.165) is 38.1 Å². The number of amides is 2. The largest absolute Gasteiger partial charge is 0.492 e. The van der Waals surface area contributed by atoms with Gasteiger partial charge in [0.15, 0.2) is 0 Å². The first kappa shape index (κ1) is 23.3. The number of halogens is 3. The van der Waals surface area contributed by atoms with Crippen molar-refractivity contribution in [2.75, 3.05) is 31.6 Å². The highest BCUT2D eigenvalue weighted by Crippen LogP contribution is 2.37. The zero-order chi connectivity index (χ0) is 23.4. The lowest BCUT2D eigenvalue weighted by Crippen LogP contribution is -2.36. The first-order valence-corrected chi connectivity index (χ1v) is 11.2. The molecule has 1 saturated heterocycles. The number of hydrogen-bond acceptors (Lipinski definition) is 5. The smallest absolute Gasteiger partial charge is 0.407 e. The number of fused-ring (bicyclic) bond motifs is 1. The Balaban J connectivity index is 1.47. The quantitative estimate of drug-likeness (QED) is 0.591. The molecule has 2 aromatic carbocycles. The van der Waals surface area contributed by atoms with Gasteiger partial charge >= 0.3 is 6.09 Å². The van der Waals surface area contributed by atoms with E-state index in [1.807, 2.05) is 0 Å². The molecule has 2 amide bonds. The van der Waals surface area contributed by atoms with Gasteiger partial charge in [0, 0.05) is 12.1 Å². The average molecular weight is 480 g/mol. The SMILES string of the molecule is O=C(N[C@H]1CCOc2c(C(=O)Nc3ccc(F)c(Cl)c3)ccc(F)c21)OCC1CCNCC1. The summed E-state index contributed by atoms with van der Waals surface area (Å²) in [7, 11) is 0. The van der Waals surface area contributed by atoms with Gasteiger partial charge in [0.2, 0.25) is 0 Å². The molecule has 1 fully saturated rings. The molecule has 3 N–H and O–H groups in total. The summed E-state index contributed by atoms with van der Waals surface area (Å²) >= 11 is 5.77. The molecule has 10 heteroatoms. The van der Waals surface area contributed by atoms with Crippen molar-refractivity contribution in [3.8, 4) is 5.75 Å². The zero-order valence-electron chi connectivity index (χ0n) is 17.8. The number of anilines is 1. The van der Waals surface area contributed by atoms with Gasteiger partial charge in [-0.3, -0.25) is 4.79 Å². The highest BCUT2D eigenvalue weighted by Gasteiger charge is 2.31. The maximum atomic E-state index is 14.7. The van der Waals surface area contributed by atoms with Crippen molar-refractivity contribution in [3.63, 3.8) is 0 Å². The monoisotopic (exact) mass is 479 g/mol. The molecule has 0 aliphatic carbocycles. The van der Waals surface area contributed by atoms with E-state index in [9.17, 15) is 18.4 Å². The molecule has 1 atom stereocenters. The Labute approximate surface area is 194 Å². The molecular weight excluding hydrogens is 456 g/mol. The summed E-state index contributed by atoms with van der Waals surface area (Å²) in [5.41, 5.74) is 0.447. The van der Waals surface area contributed by atoms with E-state index in [2.05, 4.69) is 16.0 Å². The second-order valence-electron chi connectivity index (χ2n) is 8.05. The van der Waals surface area contributed by atoms with Gasteiger partial charge in [-0.1, -0.05) is 11.6 Å². The van der Waals surface area contributed by atoms with Crippen molar-refractivity contribution in [3.05, 3.63) is 58.1 Å². The Kier molecular flexibility index (Phi) is 7.29. The minimum Gasteiger partial charge on any atom is -0.492 e. The van der Waals surface area contributed by atoms with Crippen LogP contribution in [0.1, 0.15) is 41.2 Å². The van der Waals surface area contributed by atoms with Crippen LogP contribution in [0.5, 0.6) is 5.75 Å². The molecule has 0 aromatic heterocycles. The number of rotatable bonds is 5. The van der Waals surface area contributed by atoms with Crippen molar-refractivity contribution < 1.29 is 27.8 Å². The summed E-state index contributed by atoms with van der Waals surface area (Å²) in [5.74, 6) is -1.45. The van der Waals surface area contributed by atoms with Crippen LogP contribution in [0, 0.1) is 17.6 Å². The first-order valence-electron chi connectivity index (χ1n) is 10.8. The molecule has 0 unspecified atom stereocenters. The van der Waals surface area contributed by atoms with Crippen LogP contribution in [0.2, 0.25) is 5.02 Å². The Morgan fingerprint density at radius 1 is 1.12 bits per heavy atom. The summed E-state index contributed by atoms with van der Waals surface area (Å²) in [4.78, 5) is 25.2. The fourth-order valence-corrected chi connectivity index (χ4v) is 4.18. The predicted molar refractivity (Wildman–Crippen MR) is 119 cm³/mol. The maximum absolute atomic E-state index is 14.7. The minimum atomic E-state index is -0.706. The van der Waals surface area contributed by atoms with E-state index >= 15 is 0 Å². The molecule has 176 valence electrons. The third-order valence-corrected chi connectivity index (χ3v) is 6.06. The van der Waals surface area contributed by atoms with E-state index in [0.29, 0.717) is 18.9 Å². The number of ether oxygens (including phenoxy) is 2. The number of carbonyl (C=O) groups excluding carboxylic acids is 2. The summed E-state index contributed by atoms with van der Waals surface area (Å²) in [6, 6.07) is 5.50. The zero-order valence-corrected chi connectivity index (χ0v) is 18.5. The summed E-state index contributed by atoms with van der Waals surface area (Å²) in [5, 5.41) is 8.41. The summed E-state index contributed by atoms with van der Waals surface area (Å²) in [6.07, 6.45) is 1.55. The molecule has 2 heterocycles. The summed E-state index contributed by atoms with van der Waals surface area (Å²) in [6.45, 7) is 2.26. The maximum Gasteiger partial charge on any atom is 0.407 e. The molecule has 4 rings (SSSR count). The molecule has 0 bridgehead atoms. The number of carbonyl (C=O) groups is 2. The number of alkyl carbamates (subject to hydrolysis) is 1. The highest BCUT2D eigenvalue weighted by molar-refractivity contribution is 6.31. The third kappa shape index (κ3) is 5.54. The fraction of sp³-hybridized carbons (Fsp3) is 0.391. The molecule has 2 aliphatic heterocycles. The standard InChI is InChI=1S/C23H24ClF2N3O4/c24-16-11-14(1-3-17(16)25)28-22(30)15-2-4-18(26)20-19(7-10-32-21(15)20)29-23(31)33-12-13-5-8-27-9-6-13/h1-4,11,13,19,27H,5-10,12H2,(H,28,30)(H,29,31)/t19-/m0/s1. The van der Waals surface area contributed by atoms with Gasteiger partial charge in [0.25, 0.3) is 5.91 Å². The lowest BCUT2D eigenvalue weighted by molar-refractivity contribution is 0.102. The minimum absolute atomic E-state index is 0.0515. The molecule has 0 spiro atoms. The second kappa shape index (κ2) is 10.4. The Morgan fingerprint density at radius 2 is 1.88 bits per heavy atom. The highest BCUT2D eigenvalue weighted by atomic mass is 35.5. The van der Waals surface area contributed by atoms with Crippen LogP contribution in [0.15, 0.2) is 30.3 Å². The molecule has 0 saturated carbocycles. The van der Waals surface area contributed by atoms with Gasteiger partial charge in [-0.25, -0.2) is 13.6 Å². The molecular formula is C23H24ClF2N3O4. The van der Waals surface area contributed by atoms with E-state index in [1.54, 1.807) is 0 Å². The van der Waals surface area contributed by atoms with Crippen molar-refractivity contribution in [2.24, 2.45) is 5.92 Å². The Morgan fingerprint density at radius 3 is 2.64 bits per heavy atom. The fourth-order valence-electron chi connectivity index (χ4n) is 4.00. The van der Waals surface area contributed by atoms with Gasteiger partial charge in [-0.2, -0.15) is 0 Å². The van der Waals surface area contributed by atoms with Crippen molar-refractivity contribution >= 4 is 29.3 Å². The molecule has 7 nitrogen and oxygen atoms in total. The number of nitrogens with one attached hydrogen (secondary N) is 3. The van der Waals surface area contributed by atoms with Crippen molar-refractivity contribution in [1.29, 1.82) is 0 Å². The predicted octanol–water partition coefficient (Wildman–Crippen LogP) is 4.42. The lowest BCUT2D eigenvalue weighted by Gasteiger charge is -2.28. The van der Waals surface area contributed by atoms with Gasteiger partial charge in [0.05, 0.1) is 35.4 Å². The van der Waals surface area contributed by atoms with Crippen molar-refractivity contribution in [1.82, 2.24) is 10.6 Å². The first-order chi connectivity index (χ1) is 15.9. The Bertz CT molecular complexity index is 1050. The van der Waals surface area contributed by atoms with Gasteiger partial charge < -0.3 is 25.4 Å². The normalized spacial score (nSPS) is 18.1. The number of piperidine rings is 1. The van der Waals surface area contributed by atoms with Crippen LogP contribution in [-0.4, -0.2) is 38.3 Å². The molecule has 33 heavy (non-hydrogen) atoms. The average Bonchev–Trinajstić information content (AvgIpc) is 2.81. The van der Waals surface area contributed by atoms with E-state index in [-0.39, 0.29) is 34.2 Å². The van der Waals surface area contributed by atoms with Crippen LogP contribution < -0.4 is 20.7 Å². The lowest BCUT2D eigenvalue weighted by atomic mass is 9.96. The number of benzene rings is 2. The van der Waals surface area contributed by atoms with Crippen LogP contribution >= 0.6 is 11.6 Å². The topological polar surface area (TPSA) is 88.7 Å². The Hall–Kier alpha value is -2.91. The van der Waals surface area contributed by atoms with Crippen LogP contribution in [0.4, 0.5) is 19.3 Å². The molecule has 2 aliphatic rings. The van der Waals surface area contributed by atoms with E-state index in [4.69, 9.17) is 21.1 Å². The summed E-state index contributed by atoms with van der Waals surface area (Å²) < 4.78 is 39.1. The van der Waals surface area contributed by atoms with Crippen LogP contribution in [0.25, 0.3) is 0 Å². The number of hydrogen-bond donors (Lipinski definition) is 3. The van der Waals surface area contributed by atoms with Gasteiger partial charge in [-0.15, -0.1) is 0 Å². The third-order valence-electron chi connectivity index (χ3n) is 5.77. The molecule has 2 aromatic rings.